The maximum Gasteiger partial charge on any atom is 0.387 e. The van der Waals surface area contributed by atoms with Gasteiger partial charge in [-0.15, -0.1) is 0 Å². The Morgan fingerprint density at radius 1 is 1.50 bits per heavy atom. The van der Waals surface area contributed by atoms with Gasteiger partial charge in [-0.2, -0.15) is 8.78 Å². The highest BCUT2D eigenvalue weighted by molar-refractivity contribution is 9.08. The molecular formula is C11H10BrClF2O3. The number of hydrogen-bond donors (Lipinski definition) is 0. The van der Waals surface area contributed by atoms with Gasteiger partial charge in [0, 0.05) is 15.9 Å². The van der Waals surface area contributed by atoms with E-state index in [0.29, 0.717) is 10.9 Å². The van der Waals surface area contributed by atoms with E-state index < -0.39 is 12.6 Å². The van der Waals surface area contributed by atoms with Crippen LogP contribution >= 0.6 is 27.5 Å². The van der Waals surface area contributed by atoms with Crippen LogP contribution in [0.25, 0.3) is 0 Å². The predicted octanol–water partition coefficient (Wildman–Crippen LogP) is 3.55. The topological polar surface area (TPSA) is 35.5 Å². The molecule has 0 heterocycles. The van der Waals surface area contributed by atoms with Gasteiger partial charge >= 0.3 is 12.6 Å². The van der Waals surface area contributed by atoms with Gasteiger partial charge in [0.05, 0.1) is 13.5 Å². The van der Waals surface area contributed by atoms with Crippen LogP contribution in [0.4, 0.5) is 8.78 Å². The molecule has 1 aromatic carbocycles. The minimum absolute atomic E-state index is 0.114. The summed E-state index contributed by atoms with van der Waals surface area (Å²) >= 11 is 9.13. The van der Waals surface area contributed by atoms with Crippen molar-refractivity contribution in [3.8, 4) is 5.75 Å². The maximum absolute atomic E-state index is 12.3. The first-order chi connectivity index (χ1) is 8.47. The molecule has 0 spiro atoms. The Balaban J connectivity index is 3.15. The van der Waals surface area contributed by atoms with E-state index in [1.165, 1.54) is 13.2 Å². The van der Waals surface area contributed by atoms with E-state index in [2.05, 4.69) is 25.4 Å². The third-order valence-electron chi connectivity index (χ3n) is 2.13. The third kappa shape index (κ3) is 4.10. The molecule has 1 aromatic rings. The molecule has 7 heteroatoms. The summed E-state index contributed by atoms with van der Waals surface area (Å²) in [7, 11) is 1.21. The Hall–Kier alpha value is -0.880. The second kappa shape index (κ2) is 6.89. The van der Waals surface area contributed by atoms with Gasteiger partial charge < -0.3 is 9.47 Å². The molecule has 0 atom stereocenters. The summed E-state index contributed by atoms with van der Waals surface area (Å²) in [6, 6.07) is 2.98. The predicted molar refractivity (Wildman–Crippen MR) is 66.4 cm³/mol. The SMILES string of the molecule is COC(=O)Cc1c(Cl)cc(CBr)cc1OC(F)F. The monoisotopic (exact) mass is 342 g/mol. The van der Waals surface area contributed by atoms with Crippen LogP contribution in [0.15, 0.2) is 12.1 Å². The molecule has 0 saturated carbocycles. The molecule has 100 valence electrons. The summed E-state index contributed by atoms with van der Waals surface area (Å²) in [5.74, 6) is -0.694. The number of halogens is 4. The number of alkyl halides is 3. The Labute approximate surface area is 116 Å². The van der Waals surface area contributed by atoms with E-state index in [-0.39, 0.29) is 22.8 Å². The Morgan fingerprint density at radius 2 is 2.17 bits per heavy atom. The van der Waals surface area contributed by atoms with E-state index in [9.17, 15) is 13.6 Å². The average Bonchev–Trinajstić information content (AvgIpc) is 2.32. The maximum atomic E-state index is 12.3. The van der Waals surface area contributed by atoms with Crippen LogP contribution in [0.1, 0.15) is 11.1 Å². The van der Waals surface area contributed by atoms with Crippen molar-refractivity contribution in [3.05, 3.63) is 28.3 Å². The van der Waals surface area contributed by atoms with Crippen LogP contribution in [-0.4, -0.2) is 19.7 Å². The number of ether oxygens (including phenoxy) is 2. The summed E-state index contributed by atoms with van der Waals surface area (Å²) in [6.07, 6.45) is -0.222. The average molecular weight is 344 g/mol. The minimum atomic E-state index is -2.98. The van der Waals surface area contributed by atoms with Crippen LogP contribution in [0, 0.1) is 0 Å². The van der Waals surface area contributed by atoms with Crippen molar-refractivity contribution >= 4 is 33.5 Å². The van der Waals surface area contributed by atoms with Crippen molar-refractivity contribution in [3.63, 3.8) is 0 Å². The molecule has 0 aromatic heterocycles. The molecule has 0 bridgehead atoms. The third-order valence-corrected chi connectivity index (χ3v) is 3.12. The smallest absolute Gasteiger partial charge is 0.387 e. The Bertz CT molecular complexity index is 441. The summed E-state index contributed by atoms with van der Waals surface area (Å²) in [5, 5.41) is 0.623. The highest BCUT2D eigenvalue weighted by atomic mass is 79.9. The first kappa shape index (κ1) is 15.2. The molecule has 3 nitrogen and oxygen atoms in total. The number of methoxy groups -OCH3 is 1. The normalized spacial score (nSPS) is 10.6. The number of esters is 1. The fraction of sp³-hybridized carbons (Fsp3) is 0.364. The largest absolute Gasteiger partial charge is 0.469 e. The van der Waals surface area contributed by atoms with E-state index in [0.717, 1.165) is 0 Å². The zero-order chi connectivity index (χ0) is 13.7. The zero-order valence-electron chi connectivity index (χ0n) is 9.38. The van der Waals surface area contributed by atoms with Crippen LogP contribution in [0.3, 0.4) is 0 Å². The molecular weight excluding hydrogens is 333 g/mol. The van der Waals surface area contributed by atoms with Gasteiger partial charge in [0.25, 0.3) is 0 Å². The van der Waals surface area contributed by atoms with Gasteiger partial charge in [0.1, 0.15) is 5.75 Å². The quantitative estimate of drug-likeness (QED) is 0.606. The molecule has 0 saturated heterocycles. The molecule has 0 aliphatic rings. The van der Waals surface area contributed by atoms with Gasteiger partial charge in [-0.05, 0) is 17.7 Å². The molecule has 1 rings (SSSR count). The first-order valence-corrected chi connectivity index (χ1v) is 6.36. The van der Waals surface area contributed by atoms with Crippen LogP contribution in [-0.2, 0) is 21.3 Å². The molecule has 0 aliphatic heterocycles. The van der Waals surface area contributed by atoms with Crippen LogP contribution in [0.2, 0.25) is 5.02 Å². The van der Waals surface area contributed by atoms with Crippen molar-refractivity contribution in [2.45, 2.75) is 18.4 Å². The Kier molecular flexibility index (Phi) is 5.81. The van der Waals surface area contributed by atoms with Gasteiger partial charge in [-0.25, -0.2) is 0 Å². The van der Waals surface area contributed by atoms with E-state index >= 15 is 0 Å². The lowest BCUT2D eigenvalue weighted by Crippen LogP contribution is -2.10. The van der Waals surface area contributed by atoms with Gasteiger partial charge in [-0.1, -0.05) is 27.5 Å². The van der Waals surface area contributed by atoms with E-state index in [1.54, 1.807) is 6.07 Å². The van der Waals surface area contributed by atoms with Crippen molar-refractivity contribution in [2.75, 3.05) is 7.11 Å². The van der Waals surface area contributed by atoms with E-state index in [4.69, 9.17) is 11.6 Å². The molecule has 0 aliphatic carbocycles. The van der Waals surface area contributed by atoms with Gasteiger partial charge in [0.15, 0.2) is 0 Å². The molecule has 0 amide bonds. The van der Waals surface area contributed by atoms with Gasteiger partial charge in [-0.3, -0.25) is 4.79 Å². The Morgan fingerprint density at radius 3 is 2.67 bits per heavy atom. The molecule has 0 N–H and O–H groups in total. The summed E-state index contributed by atoms with van der Waals surface area (Å²) in [4.78, 5) is 11.2. The highest BCUT2D eigenvalue weighted by Crippen LogP contribution is 2.31. The fourth-order valence-electron chi connectivity index (χ4n) is 1.33. The molecule has 0 fully saturated rings. The molecule has 18 heavy (non-hydrogen) atoms. The van der Waals surface area contributed by atoms with Crippen LogP contribution < -0.4 is 4.74 Å². The van der Waals surface area contributed by atoms with Crippen molar-refractivity contribution in [1.29, 1.82) is 0 Å². The standard InChI is InChI=1S/C11H10BrClF2O3/c1-17-10(16)4-7-8(13)2-6(5-12)3-9(7)18-11(14)15/h2-3,11H,4-5H2,1H3. The minimum Gasteiger partial charge on any atom is -0.469 e. The lowest BCUT2D eigenvalue weighted by molar-refractivity contribution is -0.139. The lowest BCUT2D eigenvalue weighted by atomic mass is 10.1. The number of benzene rings is 1. The van der Waals surface area contributed by atoms with Crippen molar-refractivity contribution < 1.29 is 23.0 Å². The molecule has 0 radical (unpaired) electrons. The molecule has 0 unspecified atom stereocenters. The fourth-order valence-corrected chi connectivity index (χ4v) is 1.95. The van der Waals surface area contributed by atoms with E-state index in [1.807, 2.05) is 0 Å². The number of hydrogen-bond acceptors (Lipinski definition) is 3. The van der Waals surface area contributed by atoms with Crippen molar-refractivity contribution in [2.24, 2.45) is 0 Å². The van der Waals surface area contributed by atoms with Gasteiger partial charge in [0.2, 0.25) is 0 Å². The first-order valence-electron chi connectivity index (χ1n) is 4.86. The second-order valence-electron chi connectivity index (χ2n) is 3.32. The number of carbonyl (C=O) groups is 1. The van der Waals surface area contributed by atoms with Crippen LogP contribution in [0.5, 0.6) is 5.75 Å². The summed E-state index contributed by atoms with van der Waals surface area (Å²) < 4.78 is 33.4. The highest BCUT2D eigenvalue weighted by Gasteiger charge is 2.17. The second-order valence-corrected chi connectivity index (χ2v) is 4.29. The summed E-state index contributed by atoms with van der Waals surface area (Å²) in [6.45, 7) is -2.98. The lowest BCUT2D eigenvalue weighted by Gasteiger charge is -2.13. The number of rotatable bonds is 5. The van der Waals surface area contributed by atoms with Crippen molar-refractivity contribution in [1.82, 2.24) is 0 Å². The zero-order valence-corrected chi connectivity index (χ0v) is 11.7. The number of carbonyl (C=O) groups excluding carboxylic acids is 1. The summed E-state index contributed by atoms with van der Waals surface area (Å²) in [5.41, 5.74) is 0.859.